The van der Waals surface area contributed by atoms with Crippen LogP contribution in [0.3, 0.4) is 0 Å². The van der Waals surface area contributed by atoms with Crippen molar-refractivity contribution in [2.45, 2.75) is 59.7 Å². The number of aliphatic hydroxyl groups excluding tert-OH is 8. The summed E-state index contributed by atoms with van der Waals surface area (Å²) >= 11 is 0.761. The first-order valence-corrected chi connectivity index (χ1v) is 8.02. The number of ether oxygens (including phenoxy) is 2. The summed E-state index contributed by atoms with van der Waals surface area (Å²) in [6, 6.07) is 0. The first-order chi connectivity index (χ1) is 10.8. The maximum Gasteiger partial charge on any atom is 0.183 e. The molecule has 2 heterocycles. The quantitative estimate of drug-likeness (QED) is 0.242. The molecule has 11 heteroatoms. The summed E-state index contributed by atoms with van der Waals surface area (Å²) in [6.07, 6.45) is -11.6. The molecule has 23 heavy (non-hydrogen) atoms. The molecule has 2 fully saturated rings. The van der Waals surface area contributed by atoms with Gasteiger partial charge in [-0.25, -0.2) is 0 Å². The third-order valence-corrected chi connectivity index (χ3v) is 5.53. The van der Waals surface area contributed by atoms with Crippen LogP contribution >= 0.6 is 11.8 Å². The highest BCUT2D eigenvalue weighted by Crippen LogP contribution is 2.37. The fourth-order valence-electron chi connectivity index (χ4n) is 2.57. The van der Waals surface area contributed by atoms with Crippen molar-refractivity contribution >= 4 is 11.8 Å². The summed E-state index contributed by atoms with van der Waals surface area (Å²) in [4.78, 5) is 0. The second-order valence-electron chi connectivity index (χ2n) is 5.53. The standard InChI is InChI=1S/C12H22O10S/c13-1-3-5(15)6(16)9(19)12(22-3)23-10-4(2-14)21-11(20)8(18)7(10)17/h3-20H,1-2H2/t3-,4+,5+,6-,7+,8-,9+,10+,11+,12-/m0/s1. The molecule has 2 aliphatic heterocycles. The van der Waals surface area contributed by atoms with E-state index in [1.54, 1.807) is 0 Å². The Morgan fingerprint density at radius 3 is 1.83 bits per heavy atom. The van der Waals surface area contributed by atoms with E-state index in [2.05, 4.69) is 0 Å². The van der Waals surface area contributed by atoms with Crippen LogP contribution in [0.4, 0.5) is 0 Å². The van der Waals surface area contributed by atoms with Crippen molar-refractivity contribution in [1.29, 1.82) is 0 Å². The van der Waals surface area contributed by atoms with Gasteiger partial charge < -0.3 is 50.3 Å². The Balaban J connectivity index is 2.11. The van der Waals surface area contributed by atoms with Crippen LogP contribution in [0.25, 0.3) is 0 Å². The van der Waals surface area contributed by atoms with Gasteiger partial charge in [0.1, 0.15) is 36.0 Å². The monoisotopic (exact) mass is 358 g/mol. The summed E-state index contributed by atoms with van der Waals surface area (Å²) in [7, 11) is 0. The lowest BCUT2D eigenvalue weighted by atomic mass is 10.0. The topological polar surface area (TPSA) is 180 Å². The largest absolute Gasteiger partial charge is 0.394 e. The van der Waals surface area contributed by atoms with E-state index in [0.29, 0.717) is 0 Å². The maximum atomic E-state index is 10.0. The van der Waals surface area contributed by atoms with Gasteiger partial charge in [0.25, 0.3) is 0 Å². The number of aliphatic hydroxyl groups is 8. The molecular weight excluding hydrogens is 336 g/mol. The van der Waals surface area contributed by atoms with Crippen molar-refractivity contribution < 1.29 is 50.3 Å². The zero-order valence-electron chi connectivity index (χ0n) is 12.0. The molecule has 0 aromatic heterocycles. The molecule has 0 unspecified atom stereocenters. The molecule has 0 bridgehead atoms. The minimum Gasteiger partial charge on any atom is -0.394 e. The average molecular weight is 358 g/mol. The van der Waals surface area contributed by atoms with E-state index in [4.69, 9.17) is 14.6 Å². The zero-order chi connectivity index (χ0) is 17.3. The van der Waals surface area contributed by atoms with E-state index in [1.807, 2.05) is 0 Å². The summed E-state index contributed by atoms with van der Waals surface area (Å²) in [5.41, 5.74) is -1.16. The van der Waals surface area contributed by atoms with Crippen LogP contribution < -0.4 is 0 Å². The van der Waals surface area contributed by atoms with Crippen LogP contribution in [0.15, 0.2) is 0 Å². The molecule has 0 aliphatic carbocycles. The molecular formula is C12H22O10S. The van der Waals surface area contributed by atoms with Crippen LogP contribution in [0.2, 0.25) is 0 Å². The lowest BCUT2D eigenvalue weighted by Gasteiger charge is -2.44. The molecule has 136 valence electrons. The molecule has 10 nitrogen and oxygen atoms in total. The Labute approximate surface area is 135 Å². The van der Waals surface area contributed by atoms with Crippen LogP contribution in [0.1, 0.15) is 0 Å². The fraction of sp³-hybridized carbons (Fsp3) is 1.00. The number of hydrogen-bond acceptors (Lipinski definition) is 11. The normalized spacial score (nSPS) is 51.7. The summed E-state index contributed by atoms with van der Waals surface area (Å²) in [6.45, 7) is -1.17. The lowest BCUT2D eigenvalue weighted by molar-refractivity contribution is -0.249. The summed E-state index contributed by atoms with van der Waals surface area (Å²) in [5, 5.41) is 76.0. The molecule has 2 rings (SSSR count). The lowest BCUT2D eigenvalue weighted by Crippen LogP contribution is -2.61. The van der Waals surface area contributed by atoms with Gasteiger partial charge in [-0.15, -0.1) is 11.8 Å². The smallest absolute Gasteiger partial charge is 0.183 e. The molecule has 8 N–H and O–H groups in total. The van der Waals surface area contributed by atoms with Crippen molar-refractivity contribution in [2.75, 3.05) is 13.2 Å². The van der Waals surface area contributed by atoms with Gasteiger partial charge in [-0.05, 0) is 0 Å². The Hall–Kier alpha value is -0.0500. The predicted octanol–water partition coefficient (Wildman–Crippen LogP) is -4.68. The third-order valence-electron chi connectivity index (χ3n) is 3.98. The Morgan fingerprint density at radius 2 is 1.26 bits per heavy atom. The predicted molar refractivity (Wildman–Crippen MR) is 75.1 cm³/mol. The molecule has 0 saturated carbocycles. The molecule has 10 atom stereocenters. The highest BCUT2D eigenvalue weighted by atomic mass is 32.2. The highest BCUT2D eigenvalue weighted by molar-refractivity contribution is 8.00. The van der Waals surface area contributed by atoms with Gasteiger partial charge in [0.2, 0.25) is 0 Å². The maximum absolute atomic E-state index is 10.0. The van der Waals surface area contributed by atoms with Gasteiger partial charge in [0.05, 0.1) is 30.7 Å². The van der Waals surface area contributed by atoms with E-state index in [-0.39, 0.29) is 0 Å². The van der Waals surface area contributed by atoms with E-state index >= 15 is 0 Å². The van der Waals surface area contributed by atoms with Gasteiger partial charge in [-0.3, -0.25) is 0 Å². The van der Waals surface area contributed by atoms with Crippen LogP contribution in [0, 0.1) is 0 Å². The highest BCUT2D eigenvalue weighted by Gasteiger charge is 2.49. The number of rotatable bonds is 4. The third kappa shape index (κ3) is 3.80. The summed E-state index contributed by atoms with van der Waals surface area (Å²) < 4.78 is 10.3. The van der Waals surface area contributed by atoms with Crippen LogP contribution in [-0.2, 0) is 9.47 Å². The van der Waals surface area contributed by atoms with E-state index in [0.717, 1.165) is 11.8 Å². The van der Waals surface area contributed by atoms with Crippen molar-refractivity contribution in [2.24, 2.45) is 0 Å². The molecule has 2 aliphatic rings. The Morgan fingerprint density at radius 1 is 0.652 bits per heavy atom. The van der Waals surface area contributed by atoms with Crippen molar-refractivity contribution in [3.63, 3.8) is 0 Å². The van der Waals surface area contributed by atoms with Gasteiger partial charge in [-0.2, -0.15) is 0 Å². The fourth-order valence-corrected chi connectivity index (χ4v) is 4.06. The van der Waals surface area contributed by atoms with Gasteiger partial charge in [-0.1, -0.05) is 0 Å². The molecule has 0 aromatic carbocycles. The summed E-state index contributed by atoms with van der Waals surface area (Å²) in [5.74, 6) is 0. The van der Waals surface area contributed by atoms with Gasteiger partial charge in [0.15, 0.2) is 6.29 Å². The van der Waals surface area contributed by atoms with Crippen molar-refractivity contribution in [3.05, 3.63) is 0 Å². The average Bonchev–Trinajstić information content (AvgIpc) is 2.55. The van der Waals surface area contributed by atoms with Crippen LogP contribution in [-0.4, -0.2) is 114 Å². The second-order valence-corrected chi connectivity index (χ2v) is 6.81. The van der Waals surface area contributed by atoms with Gasteiger partial charge in [0, 0.05) is 0 Å². The molecule has 0 aromatic rings. The first kappa shape index (κ1) is 19.3. The van der Waals surface area contributed by atoms with Crippen molar-refractivity contribution in [3.8, 4) is 0 Å². The molecule has 2 saturated heterocycles. The number of thioether (sulfide) groups is 1. The molecule has 0 spiro atoms. The zero-order valence-corrected chi connectivity index (χ0v) is 12.8. The Kier molecular flexibility index (Phi) is 6.61. The SMILES string of the molecule is OC[C@@H]1O[C@@H](S[C@H]2[C@H](O)[C@H](O)[C@H](O)O[C@@H]2CO)[C@H](O)[C@@H](O)[C@@H]1O. The minimum atomic E-state index is -1.67. The van der Waals surface area contributed by atoms with E-state index in [9.17, 15) is 35.7 Å². The van der Waals surface area contributed by atoms with E-state index in [1.165, 1.54) is 0 Å². The number of hydrogen-bond donors (Lipinski definition) is 8. The van der Waals surface area contributed by atoms with E-state index < -0.39 is 72.9 Å². The van der Waals surface area contributed by atoms with Gasteiger partial charge >= 0.3 is 0 Å². The van der Waals surface area contributed by atoms with Crippen molar-refractivity contribution in [1.82, 2.24) is 0 Å². The minimum absolute atomic E-state index is 0.573. The first-order valence-electron chi connectivity index (χ1n) is 7.08. The molecule has 0 amide bonds. The second kappa shape index (κ2) is 7.89. The molecule has 0 radical (unpaired) electrons. The Bertz CT molecular complexity index is 383. The van der Waals surface area contributed by atoms with Crippen LogP contribution in [0.5, 0.6) is 0 Å².